The molecule has 3 nitrogen and oxygen atoms in total. The lowest BCUT2D eigenvalue weighted by atomic mass is 10.1. The predicted molar refractivity (Wildman–Crippen MR) is 62.0 cm³/mol. The molecule has 0 spiro atoms. The molecule has 2 aliphatic rings. The van der Waals surface area contributed by atoms with Gasteiger partial charge in [0.05, 0.1) is 5.51 Å². The topological polar surface area (TPSA) is 28.2 Å². The molecule has 2 saturated heterocycles. The van der Waals surface area contributed by atoms with Gasteiger partial charge in [0.15, 0.2) is 0 Å². The van der Waals surface area contributed by atoms with E-state index in [4.69, 9.17) is 0 Å². The second-order valence-electron chi connectivity index (χ2n) is 4.63. The van der Waals surface area contributed by atoms with Gasteiger partial charge in [-0.25, -0.2) is 0 Å². The zero-order valence-corrected chi connectivity index (χ0v) is 9.67. The molecule has 15 heavy (non-hydrogen) atoms. The molecule has 2 fully saturated rings. The first kappa shape index (κ1) is 9.75. The molecule has 4 heteroatoms. The largest absolute Gasteiger partial charge is 0.310 e. The van der Waals surface area contributed by atoms with Crippen LogP contribution in [0.2, 0.25) is 0 Å². The van der Waals surface area contributed by atoms with Crippen molar-refractivity contribution in [2.24, 2.45) is 0 Å². The van der Waals surface area contributed by atoms with Gasteiger partial charge in [-0.15, -0.1) is 11.3 Å². The van der Waals surface area contributed by atoms with E-state index in [9.17, 15) is 0 Å². The molecule has 1 aromatic rings. The molecule has 2 aliphatic heterocycles. The number of nitrogens with zero attached hydrogens (tertiary/aromatic N) is 2. The van der Waals surface area contributed by atoms with Crippen LogP contribution in [0.1, 0.15) is 24.1 Å². The van der Waals surface area contributed by atoms with Gasteiger partial charge in [-0.2, -0.15) is 0 Å². The van der Waals surface area contributed by atoms with Crippen LogP contribution in [0.5, 0.6) is 0 Å². The number of hydrogen-bond donors (Lipinski definition) is 1. The van der Waals surface area contributed by atoms with E-state index in [1.54, 1.807) is 11.3 Å². The molecule has 0 radical (unpaired) electrons. The highest BCUT2D eigenvalue weighted by Gasteiger charge is 2.29. The first-order chi connectivity index (χ1) is 7.40. The van der Waals surface area contributed by atoms with Crippen molar-refractivity contribution in [2.75, 3.05) is 13.1 Å². The summed E-state index contributed by atoms with van der Waals surface area (Å²) in [5.41, 5.74) is 1.93. The third-order valence-corrected chi connectivity index (χ3v) is 4.23. The van der Waals surface area contributed by atoms with Crippen molar-refractivity contribution < 1.29 is 0 Å². The molecule has 82 valence electrons. The summed E-state index contributed by atoms with van der Waals surface area (Å²) in [5, 5.41) is 3.71. The van der Waals surface area contributed by atoms with E-state index in [0.717, 1.165) is 18.6 Å². The lowest BCUT2D eigenvalue weighted by Crippen LogP contribution is -2.34. The second-order valence-corrected chi connectivity index (χ2v) is 5.60. The van der Waals surface area contributed by atoms with Crippen molar-refractivity contribution in [3.05, 3.63) is 16.6 Å². The summed E-state index contributed by atoms with van der Waals surface area (Å²) in [6.07, 6.45) is 6.07. The Morgan fingerprint density at radius 2 is 2.33 bits per heavy atom. The molecule has 3 heterocycles. The summed E-state index contributed by atoms with van der Waals surface area (Å²) in [6.45, 7) is 3.55. The number of nitrogens with one attached hydrogen (secondary N) is 1. The first-order valence-electron chi connectivity index (χ1n) is 5.76. The highest BCUT2D eigenvalue weighted by atomic mass is 32.1. The maximum Gasteiger partial charge on any atom is 0.0794 e. The molecular weight excluding hydrogens is 206 g/mol. The van der Waals surface area contributed by atoms with Crippen molar-refractivity contribution in [2.45, 2.75) is 37.9 Å². The lowest BCUT2D eigenvalue weighted by Gasteiger charge is -2.22. The molecule has 0 amide bonds. The fourth-order valence-corrected chi connectivity index (χ4v) is 3.34. The number of thiazole rings is 1. The van der Waals surface area contributed by atoms with E-state index in [2.05, 4.69) is 15.2 Å². The average Bonchev–Trinajstić information content (AvgIpc) is 2.80. The number of aromatic nitrogens is 1. The Labute approximate surface area is 94.5 Å². The molecule has 0 aromatic carbocycles. The predicted octanol–water partition coefficient (Wildman–Crippen LogP) is 1.47. The summed E-state index contributed by atoms with van der Waals surface area (Å²) in [5.74, 6) is 0. The quantitative estimate of drug-likeness (QED) is 0.823. The number of hydrogen-bond acceptors (Lipinski definition) is 4. The number of likely N-dealkylation sites (tertiary alicyclic amines) is 1. The van der Waals surface area contributed by atoms with Gasteiger partial charge < -0.3 is 5.32 Å². The standard InChI is InChI=1S/C11H17N3S/c1-2-10-6-14(4-3-9(1)13-10)7-11-5-12-8-15-11/h5,8-10,13H,1-4,6-7H2. The van der Waals surface area contributed by atoms with Crippen LogP contribution in [0.15, 0.2) is 11.7 Å². The molecular formula is C11H17N3S. The average molecular weight is 223 g/mol. The van der Waals surface area contributed by atoms with E-state index in [1.807, 2.05) is 11.7 Å². The number of fused-ring (bicyclic) bond motifs is 2. The summed E-state index contributed by atoms with van der Waals surface area (Å²) in [6, 6.07) is 1.53. The maximum absolute atomic E-state index is 4.14. The summed E-state index contributed by atoms with van der Waals surface area (Å²) in [7, 11) is 0. The van der Waals surface area contributed by atoms with Crippen LogP contribution >= 0.6 is 11.3 Å². The Balaban J connectivity index is 1.62. The van der Waals surface area contributed by atoms with Crippen molar-refractivity contribution in [3.63, 3.8) is 0 Å². The molecule has 2 unspecified atom stereocenters. The van der Waals surface area contributed by atoms with Crippen LogP contribution in [0, 0.1) is 0 Å². The summed E-state index contributed by atoms with van der Waals surface area (Å²) in [4.78, 5) is 8.11. The van der Waals surface area contributed by atoms with Gasteiger partial charge in [0.25, 0.3) is 0 Å². The van der Waals surface area contributed by atoms with Crippen LogP contribution in [-0.2, 0) is 6.54 Å². The van der Waals surface area contributed by atoms with E-state index >= 15 is 0 Å². The smallest absolute Gasteiger partial charge is 0.0794 e. The Morgan fingerprint density at radius 1 is 1.40 bits per heavy atom. The highest BCUT2D eigenvalue weighted by Crippen LogP contribution is 2.22. The molecule has 0 aliphatic carbocycles. The molecule has 1 N–H and O–H groups in total. The third-order valence-electron chi connectivity index (χ3n) is 3.47. The molecule has 1 aromatic heterocycles. The molecule has 3 rings (SSSR count). The highest BCUT2D eigenvalue weighted by molar-refractivity contribution is 7.09. The minimum atomic E-state index is 0.741. The molecule has 2 atom stereocenters. The van der Waals surface area contributed by atoms with Crippen LogP contribution in [-0.4, -0.2) is 35.1 Å². The Hall–Kier alpha value is -0.450. The zero-order valence-electron chi connectivity index (χ0n) is 8.85. The van der Waals surface area contributed by atoms with Crippen LogP contribution < -0.4 is 5.32 Å². The lowest BCUT2D eigenvalue weighted by molar-refractivity contribution is 0.253. The monoisotopic (exact) mass is 223 g/mol. The van der Waals surface area contributed by atoms with Gasteiger partial charge >= 0.3 is 0 Å². The van der Waals surface area contributed by atoms with Crippen molar-refractivity contribution in [1.29, 1.82) is 0 Å². The van der Waals surface area contributed by atoms with Crippen LogP contribution in [0.3, 0.4) is 0 Å². The van der Waals surface area contributed by atoms with Crippen LogP contribution in [0.25, 0.3) is 0 Å². The Morgan fingerprint density at radius 3 is 3.20 bits per heavy atom. The second kappa shape index (κ2) is 4.20. The molecule has 0 saturated carbocycles. The normalized spacial score (nSPS) is 31.7. The van der Waals surface area contributed by atoms with E-state index < -0.39 is 0 Å². The fraction of sp³-hybridized carbons (Fsp3) is 0.727. The number of rotatable bonds is 2. The first-order valence-corrected chi connectivity index (χ1v) is 6.64. The van der Waals surface area contributed by atoms with Gasteiger partial charge in [-0.05, 0) is 19.3 Å². The molecule has 2 bridgehead atoms. The third kappa shape index (κ3) is 2.22. The van der Waals surface area contributed by atoms with Crippen molar-refractivity contribution >= 4 is 11.3 Å². The maximum atomic E-state index is 4.14. The zero-order chi connectivity index (χ0) is 10.1. The van der Waals surface area contributed by atoms with Crippen LogP contribution in [0.4, 0.5) is 0 Å². The summed E-state index contributed by atoms with van der Waals surface area (Å²) < 4.78 is 0. The Kier molecular flexibility index (Phi) is 2.73. The van der Waals surface area contributed by atoms with Gasteiger partial charge in [0, 0.05) is 42.8 Å². The fourth-order valence-electron chi connectivity index (χ4n) is 2.70. The van der Waals surface area contributed by atoms with Gasteiger partial charge in [-0.3, -0.25) is 9.88 Å². The van der Waals surface area contributed by atoms with E-state index in [-0.39, 0.29) is 0 Å². The van der Waals surface area contributed by atoms with E-state index in [1.165, 1.54) is 37.2 Å². The van der Waals surface area contributed by atoms with Gasteiger partial charge in [-0.1, -0.05) is 0 Å². The van der Waals surface area contributed by atoms with E-state index in [0.29, 0.717) is 0 Å². The van der Waals surface area contributed by atoms with Gasteiger partial charge in [0.2, 0.25) is 0 Å². The van der Waals surface area contributed by atoms with Gasteiger partial charge in [0.1, 0.15) is 0 Å². The SMILES string of the molecule is c1ncc(CN2CCC3CCC(C2)N3)s1. The minimum Gasteiger partial charge on any atom is -0.310 e. The summed E-state index contributed by atoms with van der Waals surface area (Å²) >= 11 is 1.77. The van der Waals surface area contributed by atoms with Crippen molar-refractivity contribution in [1.82, 2.24) is 15.2 Å². The minimum absolute atomic E-state index is 0.741. The van der Waals surface area contributed by atoms with Crippen molar-refractivity contribution in [3.8, 4) is 0 Å². The Bertz CT molecular complexity index is 312.